The van der Waals surface area contributed by atoms with Crippen molar-refractivity contribution < 1.29 is 43.3 Å². The third kappa shape index (κ3) is 9.21. The Kier molecular flexibility index (Phi) is 12.9. The van der Waals surface area contributed by atoms with E-state index >= 15 is 0 Å². The van der Waals surface area contributed by atoms with Crippen molar-refractivity contribution in [2.24, 2.45) is 0 Å². The zero-order valence-electron chi connectivity index (χ0n) is 32.7. The van der Waals surface area contributed by atoms with Gasteiger partial charge in [-0.2, -0.15) is 0 Å². The van der Waals surface area contributed by atoms with Crippen molar-refractivity contribution in [3.63, 3.8) is 0 Å². The number of ether oxygens (including phenoxy) is 2. The molecular formula is C41H50N6O9. The molecule has 298 valence electrons. The van der Waals surface area contributed by atoms with E-state index in [1.807, 2.05) is 0 Å². The molecule has 3 heterocycles. The Bertz CT molecular complexity index is 1950. The number of likely N-dealkylation sites (N-methyl/N-ethyl adjacent to an activating group) is 3. The van der Waals surface area contributed by atoms with Crippen molar-refractivity contribution in [3.8, 4) is 23.0 Å². The van der Waals surface area contributed by atoms with Gasteiger partial charge in [-0.1, -0.05) is 37.3 Å². The highest BCUT2D eigenvalue weighted by Crippen LogP contribution is 2.33. The van der Waals surface area contributed by atoms with Crippen LogP contribution in [0.2, 0.25) is 0 Å². The lowest BCUT2D eigenvalue weighted by Gasteiger charge is -2.37. The summed E-state index contributed by atoms with van der Waals surface area (Å²) in [6, 6.07) is 11.6. The van der Waals surface area contributed by atoms with Crippen molar-refractivity contribution in [2.75, 3.05) is 28.3 Å². The van der Waals surface area contributed by atoms with Crippen molar-refractivity contribution in [1.29, 1.82) is 0 Å². The summed E-state index contributed by atoms with van der Waals surface area (Å²) >= 11 is 0. The van der Waals surface area contributed by atoms with E-state index in [1.165, 1.54) is 62.9 Å². The van der Waals surface area contributed by atoms with Gasteiger partial charge in [0.25, 0.3) is 0 Å². The van der Waals surface area contributed by atoms with Crippen LogP contribution in [0.25, 0.3) is 0 Å². The van der Waals surface area contributed by atoms with E-state index in [9.17, 15) is 33.9 Å². The van der Waals surface area contributed by atoms with Gasteiger partial charge in [0.05, 0.1) is 7.11 Å². The lowest BCUT2D eigenvalue weighted by Crippen LogP contribution is -2.61. The first-order valence-corrected chi connectivity index (χ1v) is 18.5. The fourth-order valence-corrected chi connectivity index (χ4v) is 6.85. The van der Waals surface area contributed by atoms with Gasteiger partial charge in [-0.3, -0.25) is 28.8 Å². The van der Waals surface area contributed by atoms with E-state index in [-0.39, 0.29) is 37.2 Å². The summed E-state index contributed by atoms with van der Waals surface area (Å²) in [5, 5.41) is 18.8. The molecule has 0 saturated carbocycles. The minimum absolute atomic E-state index is 0.0335. The van der Waals surface area contributed by atoms with E-state index in [0.717, 1.165) is 0 Å². The van der Waals surface area contributed by atoms with Gasteiger partial charge in [-0.25, -0.2) is 0 Å². The number of methoxy groups -OCH3 is 1. The molecule has 0 spiro atoms. The van der Waals surface area contributed by atoms with E-state index in [4.69, 9.17) is 9.47 Å². The molecule has 4 N–H and O–H groups in total. The van der Waals surface area contributed by atoms with Crippen LogP contribution in [-0.2, 0) is 48.0 Å². The second-order valence-electron chi connectivity index (χ2n) is 14.3. The van der Waals surface area contributed by atoms with Gasteiger partial charge in [-0.05, 0) is 73.4 Å². The number of nitrogens with zero attached hydrogens (tertiary/aromatic N) is 3. The lowest BCUT2D eigenvalue weighted by atomic mass is 9.98. The number of nitrogens with one attached hydrogen (secondary N) is 3. The second kappa shape index (κ2) is 17.6. The maximum Gasteiger partial charge on any atom is 0.246 e. The number of amides is 6. The molecule has 0 radical (unpaired) electrons. The highest BCUT2D eigenvalue weighted by atomic mass is 16.5. The molecule has 1 fully saturated rings. The number of hydrogen-bond acceptors (Lipinski definition) is 9. The van der Waals surface area contributed by atoms with Crippen molar-refractivity contribution in [2.45, 2.75) is 82.7 Å². The molecule has 3 aromatic carbocycles. The number of hydrogen-bond donors (Lipinski definition) is 4. The Morgan fingerprint density at radius 3 is 1.95 bits per heavy atom. The number of aromatic hydroxyl groups is 1. The Morgan fingerprint density at radius 2 is 1.30 bits per heavy atom. The van der Waals surface area contributed by atoms with E-state index in [0.29, 0.717) is 28.2 Å². The van der Waals surface area contributed by atoms with Crippen LogP contribution in [0, 0.1) is 0 Å². The molecule has 6 bridgehead atoms. The highest BCUT2D eigenvalue weighted by Gasteiger charge is 2.39. The molecule has 56 heavy (non-hydrogen) atoms. The molecule has 3 aliphatic rings. The minimum Gasteiger partial charge on any atom is -0.504 e. The average Bonchev–Trinajstić information content (AvgIpc) is 3.19. The summed E-state index contributed by atoms with van der Waals surface area (Å²) in [4.78, 5) is 88.5. The van der Waals surface area contributed by atoms with Gasteiger partial charge >= 0.3 is 0 Å². The van der Waals surface area contributed by atoms with Gasteiger partial charge in [0.1, 0.15) is 47.8 Å². The molecule has 1 saturated heterocycles. The largest absolute Gasteiger partial charge is 0.504 e. The van der Waals surface area contributed by atoms with Crippen LogP contribution in [0.4, 0.5) is 0 Å². The predicted molar refractivity (Wildman–Crippen MR) is 206 cm³/mol. The Labute approximate surface area is 326 Å². The normalized spacial score (nSPS) is 24.4. The molecule has 15 heteroatoms. The molecule has 6 rings (SSSR count). The first-order chi connectivity index (χ1) is 26.6. The average molecular weight is 771 g/mol. The number of fused-ring (bicyclic) bond motifs is 2. The molecular weight excluding hydrogens is 720 g/mol. The Balaban J connectivity index is 1.58. The molecule has 6 amide bonds. The SMILES string of the molecule is CC[C@@H]1NC(=O)[C@@H](C)NC(=O)[C@@H]2Cc3ccc(O)c(c3)Oc3ccc(cc3)C[C@@H](C(=O)N2C)N(C)C(=O)[C@H](C)NC(=O)[C@H](Cc2ccc(OC)cc2)N(C)C1=O. The Morgan fingerprint density at radius 1 is 0.696 bits per heavy atom. The lowest BCUT2D eigenvalue weighted by molar-refractivity contribution is -0.149. The number of carbonyl (C=O) groups excluding carboxylic acids is 6. The number of rotatable bonds is 4. The maximum atomic E-state index is 14.6. The third-order valence-electron chi connectivity index (χ3n) is 10.5. The van der Waals surface area contributed by atoms with Crippen LogP contribution in [0.15, 0.2) is 66.7 Å². The smallest absolute Gasteiger partial charge is 0.246 e. The third-order valence-corrected chi connectivity index (χ3v) is 10.5. The van der Waals surface area contributed by atoms with Gasteiger partial charge in [0.2, 0.25) is 35.4 Å². The summed E-state index contributed by atoms with van der Waals surface area (Å²) in [5.74, 6) is -2.62. The molecule has 0 aliphatic carbocycles. The second-order valence-corrected chi connectivity index (χ2v) is 14.3. The van der Waals surface area contributed by atoms with Crippen molar-refractivity contribution in [3.05, 3.63) is 83.4 Å². The highest BCUT2D eigenvalue weighted by molar-refractivity contribution is 5.98. The molecule has 15 nitrogen and oxygen atoms in total. The van der Waals surface area contributed by atoms with Crippen LogP contribution < -0.4 is 25.4 Å². The number of phenols is 1. The number of benzene rings is 3. The summed E-state index contributed by atoms with van der Waals surface area (Å²) in [6.07, 6.45) is 0.220. The zero-order valence-corrected chi connectivity index (χ0v) is 32.7. The first kappa shape index (κ1) is 41.1. The Hall–Kier alpha value is -6.12. The van der Waals surface area contributed by atoms with E-state index < -0.39 is 71.7 Å². The van der Waals surface area contributed by atoms with Crippen LogP contribution in [0.5, 0.6) is 23.0 Å². The van der Waals surface area contributed by atoms with Crippen LogP contribution in [0.3, 0.4) is 0 Å². The quantitative estimate of drug-likeness (QED) is 0.308. The summed E-state index contributed by atoms with van der Waals surface area (Å²) < 4.78 is 11.2. The fraction of sp³-hybridized carbons (Fsp3) is 0.415. The first-order valence-electron chi connectivity index (χ1n) is 18.5. The molecule has 3 aromatic rings. The van der Waals surface area contributed by atoms with E-state index in [1.54, 1.807) is 67.6 Å². The van der Waals surface area contributed by atoms with Crippen LogP contribution in [-0.4, -0.2) is 120 Å². The van der Waals surface area contributed by atoms with E-state index in [2.05, 4.69) is 16.0 Å². The molecule has 3 aliphatic heterocycles. The molecule has 0 aromatic heterocycles. The van der Waals surface area contributed by atoms with Gasteiger partial charge < -0.3 is 45.2 Å². The maximum absolute atomic E-state index is 14.6. The predicted octanol–water partition coefficient (Wildman–Crippen LogP) is 1.93. The zero-order chi connectivity index (χ0) is 40.8. The summed E-state index contributed by atoms with van der Waals surface area (Å²) in [5.41, 5.74) is 1.90. The van der Waals surface area contributed by atoms with Gasteiger partial charge in [0, 0.05) is 40.4 Å². The van der Waals surface area contributed by atoms with Crippen molar-refractivity contribution in [1.82, 2.24) is 30.7 Å². The number of phenolic OH excluding ortho intramolecular Hbond substituents is 1. The summed E-state index contributed by atoms with van der Waals surface area (Å²) in [6.45, 7) is 4.67. The number of carbonyl (C=O) groups is 6. The van der Waals surface area contributed by atoms with Crippen LogP contribution in [0.1, 0.15) is 43.9 Å². The molecule has 6 atom stereocenters. The van der Waals surface area contributed by atoms with Gasteiger partial charge in [-0.15, -0.1) is 0 Å². The minimum atomic E-state index is -1.20. The fourth-order valence-electron chi connectivity index (χ4n) is 6.85. The molecule has 0 unspecified atom stereocenters. The van der Waals surface area contributed by atoms with Crippen LogP contribution >= 0.6 is 0 Å². The monoisotopic (exact) mass is 770 g/mol. The van der Waals surface area contributed by atoms with Crippen molar-refractivity contribution >= 4 is 35.4 Å². The standard InChI is InChI=1S/C41H50N6O9/c1-8-30-40(53)45(4)31(19-25-9-14-28(55-7)15-10-25)38(51)43-24(3)39(52)47(6)33-20-26-11-16-29(17-12-26)56-35-22-27(13-18-34(35)48)21-32(46(5)41(33)54)37(50)42-23(2)36(49)44-30/h9-18,22-24,30-33,48H,8,19-21H2,1-7H3,(H,42,50)(H,43,51)(H,44,49)/t23-,24+,30+,31+,32+,33+/m1/s1. The summed E-state index contributed by atoms with van der Waals surface area (Å²) in [7, 11) is 5.91. The topological polar surface area (TPSA) is 187 Å². The van der Waals surface area contributed by atoms with Gasteiger partial charge in [0.15, 0.2) is 11.5 Å².